The molecule has 0 saturated carbocycles. The number of nitrogens with two attached hydrogens (primary N) is 1. The van der Waals surface area contributed by atoms with Gasteiger partial charge in [0.05, 0.1) is 11.7 Å². The number of amides is 1. The molecular weight excluding hydrogens is 240 g/mol. The van der Waals surface area contributed by atoms with E-state index in [0.717, 1.165) is 6.26 Å². The van der Waals surface area contributed by atoms with Crippen LogP contribution in [-0.2, 0) is 14.6 Å². The van der Waals surface area contributed by atoms with Gasteiger partial charge in [0.1, 0.15) is 9.84 Å². The molecule has 0 radical (unpaired) electrons. The molecule has 3 N–H and O–H groups in total. The van der Waals surface area contributed by atoms with Crippen LogP contribution < -0.4 is 11.1 Å². The fourth-order valence-corrected chi connectivity index (χ4v) is 2.73. The van der Waals surface area contributed by atoms with Gasteiger partial charge in [0, 0.05) is 18.8 Å². The van der Waals surface area contributed by atoms with Crippen LogP contribution in [0.5, 0.6) is 0 Å². The fraction of sp³-hybridized carbons (Fsp3) is 0.909. The summed E-state index contributed by atoms with van der Waals surface area (Å²) in [6.45, 7) is 6.02. The Bertz CT molecular complexity index is 339. The molecule has 17 heavy (non-hydrogen) atoms. The van der Waals surface area contributed by atoms with Gasteiger partial charge in [-0.05, 0) is 19.3 Å². The topological polar surface area (TPSA) is 89.3 Å². The molecule has 0 aliphatic heterocycles. The third-order valence-corrected chi connectivity index (χ3v) is 3.46. The lowest BCUT2D eigenvalue weighted by Gasteiger charge is -2.20. The molecule has 102 valence electrons. The van der Waals surface area contributed by atoms with Crippen molar-refractivity contribution in [1.29, 1.82) is 0 Å². The van der Waals surface area contributed by atoms with Gasteiger partial charge in [-0.1, -0.05) is 13.8 Å². The van der Waals surface area contributed by atoms with Crippen molar-refractivity contribution in [3.05, 3.63) is 0 Å². The van der Waals surface area contributed by atoms with E-state index in [4.69, 9.17) is 5.73 Å². The van der Waals surface area contributed by atoms with Gasteiger partial charge in [0.25, 0.3) is 0 Å². The van der Waals surface area contributed by atoms with E-state index < -0.39 is 9.84 Å². The van der Waals surface area contributed by atoms with Gasteiger partial charge in [-0.15, -0.1) is 0 Å². The van der Waals surface area contributed by atoms with Crippen LogP contribution in [0.15, 0.2) is 0 Å². The summed E-state index contributed by atoms with van der Waals surface area (Å²) in [7, 11) is -3.07. The van der Waals surface area contributed by atoms with Crippen LogP contribution in [0.1, 0.15) is 27.2 Å². The van der Waals surface area contributed by atoms with Gasteiger partial charge in [-0.25, -0.2) is 8.42 Å². The van der Waals surface area contributed by atoms with E-state index in [1.54, 1.807) is 6.92 Å². The highest BCUT2D eigenvalue weighted by molar-refractivity contribution is 7.90. The Morgan fingerprint density at radius 1 is 1.29 bits per heavy atom. The van der Waals surface area contributed by atoms with E-state index in [1.165, 1.54) is 0 Å². The minimum atomic E-state index is -3.07. The van der Waals surface area contributed by atoms with Crippen LogP contribution in [-0.4, -0.2) is 38.9 Å². The van der Waals surface area contributed by atoms with Crippen molar-refractivity contribution in [2.75, 3.05) is 18.6 Å². The van der Waals surface area contributed by atoms with Crippen LogP contribution in [0.4, 0.5) is 0 Å². The zero-order valence-corrected chi connectivity index (χ0v) is 11.9. The first-order valence-corrected chi connectivity index (χ1v) is 7.90. The zero-order valence-electron chi connectivity index (χ0n) is 11.1. The maximum Gasteiger partial charge on any atom is 0.224 e. The molecule has 5 nitrogen and oxygen atoms in total. The van der Waals surface area contributed by atoms with Crippen LogP contribution in [0.25, 0.3) is 0 Å². The molecule has 0 aromatic carbocycles. The van der Waals surface area contributed by atoms with Gasteiger partial charge in [-0.2, -0.15) is 0 Å². The van der Waals surface area contributed by atoms with Gasteiger partial charge in [-0.3, -0.25) is 4.79 Å². The maximum absolute atomic E-state index is 11.8. The first-order valence-electron chi connectivity index (χ1n) is 5.84. The van der Waals surface area contributed by atoms with Gasteiger partial charge < -0.3 is 11.1 Å². The second-order valence-electron chi connectivity index (χ2n) is 5.06. The molecule has 0 spiro atoms. The number of sulfone groups is 1. The highest BCUT2D eigenvalue weighted by Crippen LogP contribution is 2.10. The van der Waals surface area contributed by atoms with Gasteiger partial charge in [0.15, 0.2) is 0 Å². The fourth-order valence-electron chi connectivity index (χ4n) is 1.74. The minimum absolute atomic E-state index is 0.0439. The average Bonchev–Trinajstić information content (AvgIpc) is 2.10. The van der Waals surface area contributed by atoms with Crippen molar-refractivity contribution in [2.45, 2.75) is 33.2 Å². The van der Waals surface area contributed by atoms with Crippen molar-refractivity contribution < 1.29 is 13.2 Å². The summed E-state index contributed by atoms with van der Waals surface area (Å²) in [6, 6.07) is -0.376. The molecular formula is C11H24N2O3S. The van der Waals surface area contributed by atoms with E-state index >= 15 is 0 Å². The summed E-state index contributed by atoms with van der Waals surface area (Å²) in [5, 5.41) is 2.69. The minimum Gasteiger partial charge on any atom is -0.352 e. The predicted octanol–water partition coefficient (Wildman–Crippen LogP) is 0.157. The Morgan fingerprint density at radius 2 is 1.82 bits per heavy atom. The molecule has 6 heteroatoms. The lowest BCUT2D eigenvalue weighted by Crippen LogP contribution is -2.43. The van der Waals surface area contributed by atoms with Crippen molar-refractivity contribution in [3.63, 3.8) is 0 Å². The maximum atomic E-state index is 11.8. The van der Waals surface area contributed by atoms with Crippen LogP contribution in [0.3, 0.4) is 0 Å². The predicted molar refractivity (Wildman–Crippen MR) is 69.3 cm³/mol. The standard InChI is InChI=1S/C11H24N2O3S/c1-8(2)5-10(6-12)11(14)13-9(3)7-17(4,15)16/h8-10H,5-7,12H2,1-4H3,(H,13,14). The molecule has 0 aromatic rings. The quantitative estimate of drug-likeness (QED) is 0.685. The largest absolute Gasteiger partial charge is 0.352 e. The highest BCUT2D eigenvalue weighted by Gasteiger charge is 2.21. The lowest BCUT2D eigenvalue weighted by atomic mass is 9.96. The number of rotatable bonds is 7. The Labute approximate surface area is 104 Å². The summed E-state index contributed by atoms with van der Waals surface area (Å²) in [5.74, 6) is -0.0496. The van der Waals surface area contributed by atoms with E-state index in [0.29, 0.717) is 12.3 Å². The number of nitrogens with one attached hydrogen (secondary N) is 1. The van der Waals surface area contributed by atoms with Gasteiger partial charge in [0.2, 0.25) is 5.91 Å². The summed E-state index contributed by atoms with van der Waals surface area (Å²) in [5.41, 5.74) is 5.55. The third-order valence-electron chi connectivity index (χ3n) is 2.35. The molecule has 1 amide bonds. The molecule has 0 bridgehead atoms. The second kappa shape index (κ2) is 6.96. The summed E-state index contributed by atoms with van der Waals surface area (Å²) < 4.78 is 22.1. The Balaban J connectivity index is 4.31. The van der Waals surface area contributed by atoms with Crippen LogP contribution in [0.2, 0.25) is 0 Å². The molecule has 2 atom stereocenters. The second-order valence-corrected chi connectivity index (χ2v) is 7.25. The summed E-state index contributed by atoms with van der Waals surface area (Å²) in [4.78, 5) is 11.8. The SMILES string of the molecule is CC(C)CC(CN)C(=O)NC(C)CS(C)(=O)=O. The van der Waals surface area contributed by atoms with Crippen molar-refractivity contribution >= 4 is 15.7 Å². The number of hydrogen-bond acceptors (Lipinski definition) is 4. The molecule has 0 aromatic heterocycles. The van der Waals surface area contributed by atoms with Crippen LogP contribution in [0, 0.1) is 11.8 Å². The first kappa shape index (κ1) is 16.4. The normalized spacial score (nSPS) is 15.6. The Kier molecular flexibility index (Phi) is 6.70. The molecule has 0 saturated heterocycles. The van der Waals surface area contributed by atoms with E-state index in [-0.39, 0.29) is 30.2 Å². The van der Waals surface area contributed by atoms with Crippen molar-refractivity contribution in [2.24, 2.45) is 17.6 Å². The van der Waals surface area contributed by atoms with E-state index in [9.17, 15) is 13.2 Å². The third kappa shape index (κ3) is 8.15. The molecule has 0 aliphatic rings. The molecule has 2 unspecified atom stereocenters. The summed E-state index contributed by atoms with van der Waals surface area (Å²) >= 11 is 0. The first-order chi connectivity index (χ1) is 7.65. The Morgan fingerprint density at radius 3 is 2.18 bits per heavy atom. The van der Waals surface area contributed by atoms with Crippen LogP contribution >= 0.6 is 0 Å². The Hall–Kier alpha value is -0.620. The zero-order chi connectivity index (χ0) is 13.6. The van der Waals surface area contributed by atoms with Crippen molar-refractivity contribution in [1.82, 2.24) is 5.32 Å². The molecule has 0 heterocycles. The van der Waals surface area contributed by atoms with Gasteiger partial charge >= 0.3 is 0 Å². The number of carbonyl (C=O) groups is 1. The smallest absolute Gasteiger partial charge is 0.224 e. The van der Waals surface area contributed by atoms with E-state index in [2.05, 4.69) is 5.32 Å². The number of carbonyl (C=O) groups excluding carboxylic acids is 1. The average molecular weight is 264 g/mol. The van der Waals surface area contributed by atoms with Crippen molar-refractivity contribution in [3.8, 4) is 0 Å². The molecule has 0 rings (SSSR count). The molecule has 0 aliphatic carbocycles. The lowest BCUT2D eigenvalue weighted by molar-refractivity contribution is -0.125. The summed E-state index contributed by atoms with van der Waals surface area (Å²) in [6.07, 6.45) is 1.87. The molecule has 0 fully saturated rings. The van der Waals surface area contributed by atoms with E-state index in [1.807, 2.05) is 13.8 Å². The number of hydrogen-bond donors (Lipinski definition) is 2. The highest BCUT2D eigenvalue weighted by atomic mass is 32.2. The monoisotopic (exact) mass is 264 g/mol.